The van der Waals surface area contributed by atoms with E-state index in [0.29, 0.717) is 0 Å². The third kappa shape index (κ3) is 5.40. The lowest BCUT2D eigenvalue weighted by molar-refractivity contribution is 0.237. The maximum Gasteiger partial charge on any atom is 0.492 e. The zero-order chi connectivity index (χ0) is 8.41. The summed E-state index contributed by atoms with van der Waals surface area (Å²) in [7, 11) is -9.68. The SMILES string of the molecule is O=P(O)(O)OP(=O)(O)OS. The van der Waals surface area contributed by atoms with E-state index in [1.54, 1.807) is 0 Å². The van der Waals surface area contributed by atoms with E-state index in [0.717, 1.165) is 0 Å². The summed E-state index contributed by atoms with van der Waals surface area (Å²) in [5.41, 5.74) is 0. The Balaban J connectivity index is 4.17. The van der Waals surface area contributed by atoms with Crippen molar-refractivity contribution < 1.29 is 32.1 Å². The van der Waals surface area contributed by atoms with E-state index in [2.05, 4.69) is 21.2 Å². The Morgan fingerprint density at radius 1 is 1.20 bits per heavy atom. The molecule has 0 aromatic rings. The minimum absolute atomic E-state index is 2.83. The molecule has 0 aliphatic heterocycles. The van der Waals surface area contributed by atoms with Crippen molar-refractivity contribution in [1.29, 1.82) is 0 Å². The average molecular weight is 210 g/mol. The fourth-order valence-electron chi connectivity index (χ4n) is 0.149. The lowest BCUT2D eigenvalue weighted by atomic mass is 15.7. The number of phosphoric acid groups is 2. The number of hydrogen-bond donors (Lipinski definition) is 4. The van der Waals surface area contributed by atoms with Gasteiger partial charge in [-0.25, -0.2) is 13.1 Å². The van der Waals surface area contributed by atoms with Crippen molar-refractivity contribution in [3.63, 3.8) is 0 Å². The summed E-state index contributed by atoms with van der Waals surface area (Å²) in [5, 5.41) is 0. The minimum atomic E-state index is -4.99. The van der Waals surface area contributed by atoms with Gasteiger partial charge in [0.15, 0.2) is 0 Å². The van der Waals surface area contributed by atoms with Crippen LogP contribution in [0.4, 0.5) is 0 Å². The molecule has 0 amide bonds. The smallest absolute Gasteiger partial charge is 0.302 e. The van der Waals surface area contributed by atoms with E-state index in [1.807, 2.05) is 0 Å². The Bertz CT molecular complexity index is 190. The van der Waals surface area contributed by atoms with E-state index in [-0.39, 0.29) is 0 Å². The second-order valence-electron chi connectivity index (χ2n) is 1.12. The van der Waals surface area contributed by atoms with Gasteiger partial charge in [0.25, 0.3) is 0 Å². The molecule has 0 spiro atoms. The Morgan fingerprint density at radius 2 is 1.60 bits per heavy atom. The summed E-state index contributed by atoms with van der Waals surface area (Å²) in [6.07, 6.45) is 0. The van der Waals surface area contributed by atoms with Crippen LogP contribution in [0.1, 0.15) is 0 Å². The summed E-state index contributed by atoms with van der Waals surface area (Å²) >= 11 is 2.83. The third-order valence-corrected chi connectivity index (χ3v) is 2.81. The van der Waals surface area contributed by atoms with Gasteiger partial charge in [0, 0.05) is 0 Å². The highest BCUT2D eigenvalue weighted by Gasteiger charge is 2.31. The van der Waals surface area contributed by atoms with Gasteiger partial charge in [0.2, 0.25) is 0 Å². The Labute approximate surface area is 61.4 Å². The standard InChI is InChI=1S/H4O7P2S/c1-8(2,3)6-9(4,5)7-10/h10H,(H,4,5)(H2,1,2,3). The Kier molecular flexibility index (Phi) is 3.54. The first kappa shape index (κ1) is 10.6. The lowest BCUT2D eigenvalue weighted by Crippen LogP contribution is -1.86. The maximum atomic E-state index is 10.1. The van der Waals surface area contributed by atoms with Crippen LogP contribution < -0.4 is 0 Å². The first-order chi connectivity index (χ1) is 4.27. The van der Waals surface area contributed by atoms with Crippen LogP contribution in [0.25, 0.3) is 0 Å². The second-order valence-corrected chi connectivity index (χ2v) is 4.35. The molecule has 0 saturated heterocycles. The van der Waals surface area contributed by atoms with Crippen LogP contribution in [0.15, 0.2) is 0 Å². The topological polar surface area (TPSA) is 113 Å². The number of rotatable bonds is 3. The molecule has 0 bridgehead atoms. The Hall–Kier alpha value is 0.610. The quantitative estimate of drug-likeness (QED) is 0.296. The zero-order valence-electron chi connectivity index (χ0n) is 4.32. The highest BCUT2D eigenvalue weighted by Crippen LogP contribution is 2.57. The van der Waals surface area contributed by atoms with Crippen molar-refractivity contribution in [3.8, 4) is 0 Å². The van der Waals surface area contributed by atoms with Crippen molar-refractivity contribution in [1.82, 2.24) is 0 Å². The first-order valence-corrected chi connectivity index (χ1v) is 5.09. The number of hydrogen-bond acceptors (Lipinski definition) is 5. The molecule has 0 aliphatic carbocycles. The molecule has 3 N–H and O–H groups in total. The van der Waals surface area contributed by atoms with E-state index in [1.165, 1.54) is 0 Å². The molecule has 0 fully saturated rings. The molecule has 0 aromatic heterocycles. The molecule has 7 nitrogen and oxygen atoms in total. The zero-order valence-corrected chi connectivity index (χ0v) is 7.00. The predicted molar refractivity (Wildman–Crippen MR) is 33.0 cm³/mol. The van der Waals surface area contributed by atoms with Crippen molar-refractivity contribution in [2.75, 3.05) is 0 Å². The molecule has 0 rings (SSSR count). The largest absolute Gasteiger partial charge is 0.492 e. The molecule has 1 atom stereocenters. The molecule has 0 aliphatic rings. The van der Waals surface area contributed by atoms with Crippen LogP contribution in [0.3, 0.4) is 0 Å². The molecule has 0 saturated carbocycles. The summed E-state index contributed by atoms with van der Waals surface area (Å²) in [4.78, 5) is 24.1. The average Bonchev–Trinajstić information content (AvgIpc) is 1.60. The summed E-state index contributed by atoms with van der Waals surface area (Å²) < 4.78 is 26.6. The fraction of sp³-hybridized carbons (Fsp3) is 0. The maximum absolute atomic E-state index is 10.1. The van der Waals surface area contributed by atoms with E-state index in [4.69, 9.17) is 14.7 Å². The van der Waals surface area contributed by atoms with Crippen LogP contribution in [0.2, 0.25) is 0 Å². The van der Waals surface area contributed by atoms with Gasteiger partial charge < -0.3 is 14.7 Å². The lowest BCUT2D eigenvalue weighted by Gasteiger charge is -2.07. The van der Waals surface area contributed by atoms with Crippen LogP contribution in [0.5, 0.6) is 0 Å². The summed E-state index contributed by atoms with van der Waals surface area (Å²) in [6.45, 7) is 0. The van der Waals surface area contributed by atoms with E-state index in [9.17, 15) is 9.13 Å². The first-order valence-electron chi connectivity index (χ1n) is 1.70. The molecule has 0 heterocycles. The Morgan fingerprint density at radius 3 is 1.70 bits per heavy atom. The molecule has 10 heteroatoms. The van der Waals surface area contributed by atoms with Crippen molar-refractivity contribution in [2.24, 2.45) is 0 Å². The van der Waals surface area contributed by atoms with Crippen molar-refractivity contribution in [2.45, 2.75) is 0 Å². The van der Waals surface area contributed by atoms with Gasteiger partial charge in [-0.3, -0.25) is 0 Å². The van der Waals surface area contributed by atoms with Gasteiger partial charge in [0.05, 0.1) is 0 Å². The summed E-state index contributed by atoms with van der Waals surface area (Å²) in [5.74, 6) is 0. The molecular formula is H4O7P2S. The van der Waals surface area contributed by atoms with E-state index >= 15 is 0 Å². The van der Waals surface area contributed by atoms with Crippen LogP contribution in [0, 0.1) is 0 Å². The third-order valence-electron chi connectivity index (χ3n) is 0.313. The molecule has 1 unspecified atom stereocenters. The normalized spacial score (nSPS) is 18.4. The monoisotopic (exact) mass is 210 g/mol. The molecule has 10 heavy (non-hydrogen) atoms. The van der Waals surface area contributed by atoms with Gasteiger partial charge in [-0.15, -0.1) is 0 Å². The van der Waals surface area contributed by atoms with Gasteiger partial charge >= 0.3 is 15.6 Å². The van der Waals surface area contributed by atoms with Crippen LogP contribution >= 0.6 is 28.6 Å². The molecule has 62 valence electrons. The van der Waals surface area contributed by atoms with Gasteiger partial charge in [-0.2, -0.15) is 4.31 Å². The second kappa shape index (κ2) is 3.34. The van der Waals surface area contributed by atoms with E-state index < -0.39 is 15.6 Å². The fourth-order valence-corrected chi connectivity index (χ4v) is 1.61. The van der Waals surface area contributed by atoms with Gasteiger partial charge in [-0.05, 0) is 12.9 Å². The van der Waals surface area contributed by atoms with Crippen molar-refractivity contribution in [3.05, 3.63) is 0 Å². The predicted octanol–water partition coefficient (Wildman–Crippen LogP) is 0.0575. The highest BCUT2D eigenvalue weighted by molar-refractivity contribution is 7.81. The minimum Gasteiger partial charge on any atom is -0.302 e. The van der Waals surface area contributed by atoms with Crippen LogP contribution in [-0.4, -0.2) is 14.7 Å². The van der Waals surface area contributed by atoms with Gasteiger partial charge in [0.1, 0.15) is 0 Å². The molecule has 0 aromatic carbocycles. The molecular weight excluding hydrogens is 206 g/mol. The number of thiol groups is 1. The highest BCUT2D eigenvalue weighted by atomic mass is 32.1. The van der Waals surface area contributed by atoms with Crippen LogP contribution in [-0.2, 0) is 17.4 Å². The van der Waals surface area contributed by atoms with Crippen molar-refractivity contribution >= 4 is 28.6 Å². The van der Waals surface area contributed by atoms with Gasteiger partial charge in [-0.1, -0.05) is 0 Å². The molecule has 0 radical (unpaired) electrons. The summed E-state index contributed by atoms with van der Waals surface area (Å²) in [6, 6.07) is 0.